The molecule has 0 bridgehead atoms. The zero-order chi connectivity index (χ0) is 15.2. The van der Waals surface area contributed by atoms with E-state index in [4.69, 9.17) is 4.74 Å². The van der Waals surface area contributed by atoms with Crippen molar-refractivity contribution in [3.05, 3.63) is 59.4 Å². The molecule has 1 aromatic heterocycles. The van der Waals surface area contributed by atoms with Gasteiger partial charge in [0.05, 0.1) is 12.8 Å². The van der Waals surface area contributed by atoms with E-state index in [1.54, 1.807) is 18.3 Å². The number of rotatable bonds is 6. The lowest BCUT2D eigenvalue weighted by molar-refractivity contribution is 0.0693. The molecular weight excluding hydrogens is 268 g/mol. The number of aromatic carboxylic acids is 1. The molecule has 0 atom stereocenters. The lowest BCUT2D eigenvalue weighted by atomic mass is 10.1. The summed E-state index contributed by atoms with van der Waals surface area (Å²) in [6.45, 7) is 1.34. The molecule has 0 fully saturated rings. The Balaban J connectivity index is 2.09. The molecule has 0 saturated carbocycles. The molecule has 21 heavy (non-hydrogen) atoms. The number of carbonyl (C=O) groups is 1. The maximum Gasteiger partial charge on any atom is 0.339 e. The fourth-order valence-electron chi connectivity index (χ4n) is 2.16. The summed E-state index contributed by atoms with van der Waals surface area (Å²) in [5, 5.41) is 9.19. The Morgan fingerprint density at radius 3 is 2.71 bits per heavy atom. The third-order valence-corrected chi connectivity index (χ3v) is 3.10. The highest BCUT2D eigenvalue weighted by molar-refractivity contribution is 5.91. The molecule has 0 saturated heterocycles. The van der Waals surface area contributed by atoms with Crippen LogP contribution in [-0.4, -0.2) is 35.1 Å². The Kier molecular flexibility index (Phi) is 4.90. The summed E-state index contributed by atoms with van der Waals surface area (Å²) in [6.07, 6.45) is 1.76. The zero-order valence-corrected chi connectivity index (χ0v) is 12.1. The minimum atomic E-state index is -0.985. The van der Waals surface area contributed by atoms with Gasteiger partial charge in [-0.3, -0.25) is 9.88 Å². The van der Waals surface area contributed by atoms with Gasteiger partial charge in [0.25, 0.3) is 0 Å². The number of benzene rings is 1. The van der Waals surface area contributed by atoms with Crippen LogP contribution in [0, 0.1) is 0 Å². The maximum absolute atomic E-state index is 11.2. The van der Waals surface area contributed by atoms with Crippen molar-refractivity contribution in [2.45, 2.75) is 13.1 Å². The van der Waals surface area contributed by atoms with Gasteiger partial charge in [-0.1, -0.05) is 12.1 Å². The Labute approximate surface area is 123 Å². The van der Waals surface area contributed by atoms with Crippen LogP contribution in [0.2, 0.25) is 0 Å². The molecule has 0 aliphatic carbocycles. The van der Waals surface area contributed by atoms with E-state index < -0.39 is 5.97 Å². The summed E-state index contributed by atoms with van der Waals surface area (Å²) in [6, 6.07) is 11.0. The van der Waals surface area contributed by atoms with Crippen molar-refractivity contribution < 1.29 is 14.6 Å². The molecule has 2 rings (SSSR count). The van der Waals surface area contributed by atoms with E-state index in [-0.39, 0.29) is 5.56 Å². The molecule has 0 unspecified atom stereocenters. The number of carboxylic acids is 1. The first-order valence-corrected chi connectivity index (χ1v) is 6.59. The quantitative estimate of drug-likeness (QED) is 0.883. The summed E-state index contributed by atoms with van der Waals surface area (Å²) in [5.74, 6) is -0.611. The number of nitrogens with zero attached hydrogens (tertiary/aromatic N) is 2. The molecule has 0 spiro atoms. The van der Waals surface area contributed by atoms with Crippen LogP contribution < -0.4 is 4.74 Å². The third-order valence-electron chi connectivity index (χ3n) is 3.10. The van der Waals surface area contributed by atoms with Crippen LogP contribution in [-0.2, 0) is 13.1 Å². The molecule has 0 aliphatic rings. The predicted octanol–water partition coefficient (Wildman–Crippen LogP) is 2.42. The lowest BCUT2D eigenvalue weighted by Gasteiger charge is -2.17. The highest BCUT2D eigenvalue weighted by Crippen LogP contribution is 2.20. The smallest absolute Gasteiger partial charge is 0.339 e. The second kappa shape index (κ2) is 6.85. The monoisotopic (exact) mass is 286 g/mol. The van der Waals surface area contributed by atoms with Crippen LogP contribution in [0.3, 0.4) is 0 Å². The Bertz CT molecular complexity index is 614. The molecule has 1 heterocycles. The van der Waals surface area contributed by atoms with Gasteiger partial charge in [-0.25, -0.2) is 4.79 Å². The lowest BCUT2D eigenvalue weighted by Crippen LogP contribution is -2.18. The van der Waals surface area contributed by atoms with Gasteiger partial charge in [0.2, 0.25) is 0 Å². The first kappa shape index (κ1) is 15.0. The highest BCUT2D eigenvalue weighted by Gasteiger charge is 2.12. The van der Waals surface area contributed by atoms with Crippen molar-refractivity contribution in [2.75, 3.05) is 14.2 Å². The van der Waals surface area contributed by atoms with Crippen molar-refractivity contribution in [3.63, 3.8) is 0 Å². The summed E-state index contributed by atoms with van der Waals surface area (Å²) < 4.78 is 5.06. The number of ether oxygens (including phenoxy) is 1. The van der Waals surface area contributed by atoms with Crippen LogP contribution >= 0.6 is 0 Å². The highest BCUT2D eigenvalue weighted by atomic mass is 16.5. The fraction of sp³-hybridized carbons (Fsp3) is 0.250. The molecule has 110 valence electrons. The van der Waals surface area contributed by atoms with Crippen molar-refractivity contribution in [1.29, 1.82) is 0 Å². The van der Waals surface area contributed by atoms with Crippen molar-refractivity contribution in [1.82, 2.24) is 9.88 Å². The van der Waals surface area contributed by atoms with Gasteiger partial charge in [-0.05, 0) is 36.9 Å². The van der Waals surface area contributed by atoms with E-state index in [0.717, 1.165) is 11.3 Å². The van der Waals surface area contributed by atoms with Crippen LogP contribution in [0.5, 0.6) is 5.75 Å². The van der Waals surface area contributed by atoms with Gasteiger partial charge in [0.15, 0.2) is 0 Å². The standard InChI is InChI=1S/C16H18N2O3/c1-18(11-13-5-3-4-8-17-13)10-12-6-7-15(21-2)14(9-12)16(19)20/h3-9H,10-11H2,1-2H3,(H,19,20). The predicted molar refractivity (Wildman–Crippen MR) is 79.4 cm³/mol. The largest absolute Gasteiger partial charge is 0.496 e. The molecule has 0 aliphatic heterocycles. The normalized spacial score (nSPS) is 10.6. The van der Waals surface area contributed by atoms with E-state index in [1.165, 1.54) is 7.11 Å². The number of hydrogen-bond donors (Lipinski definition) is 1. The van der Waals surface area contributed by atoms with Crippen LogP contribution in [0.25, 0.3) is 0 Å². The number of pyridine rings is 1. The minimum absolute atomic E-state index is 0.182. The van der Waals surface area contributed by atoms with Gasteiger partial charge in [0, 0.05) is 19.3 Å². The second-order valence-corrected chi connectivity index (χ2v) is 4.83. The van der Waals surface area contributed by atoms with Gasteiger partial charge in [-0.2, -0.15) is 0 Å². The molecule has 1 aromatic carbocycles. The molecule has 5 nitrogen and oxygen atoms in total. The van der Waals surface area contributed by atoms with Gasteiger partial charge >= 0.3 is 5.97 Å². The van der Waals surface area contributed by atoms with E-state index in [1.807, 2.05) is 31.3 Å². The van der Waals surface area contributed by atoms with Crippen LogP contribution in [0.1, 0.15) is 21.6 Å². The Hall–Kier alpha value is -2.40. The maximum atomic E-state index is 11.2. The first-order chi connectivity index (χ1) is 10.1. The summed E-state index contributed by atoms with van der Waals surface area (Å²) in [7, 11) is 3.44. The summed E-state index contributed by atoms with van der Waals surface area (Å²) >= 11 is 0. The second-order valence-electron chi connectivity index (χ2n) is 4.83. The van der Waals surface area contributed by atoms with E-state index in [0.29, 0.717) is 18.8 Å². The number of methoxy groups -OCH3 is 1. The van der Waals surface area contributed by atoms with Crippen molar-refractivity contribution >= 4 is 5.97 Å². The van der Waals surface area contributed by atoms with Gasteiger partial charge < -0.3 is 9.84 Å². The average molecular weight is 286 g/mol. The minimum Gasteiger partial charge on any atom is -0.496 e. The molecule has 2 aromatic rings. The SMILES string of the molecule is COc1ccc(CN(C)Cc2ccccn2)cc1C(=O)O. The molecule has 1 N–H and O–H groups in total. The summed E-state index contributed by atoms with van der Waals surface area (Å²) in [5.41, 5.74) is 2.08. The van der Waals surface area contributed by atoms with Gasteiger partial charge in [0.1, 0.15) is 11.3 Å². The van der Waals surface area contributed by atoms with E-state index >= 15 is 0 Å². The van der Waals surface area contributed by atoms with Crippen LogP contribution in [0.4, 0.5) is 0 Å². The van der Waals surface area contributed by atoms with Crippen molar-refractivity contribution in [2.24, 2.45) is 0 Å². The number of carboxylic acid groups (broad SMARTS) is 1. The molecule has 5 heteroatoms. The Morgan fingerprint density at radius 1 is 1.29 bits per heavy atom. The molecule has 0 amide bonds. The molecule has 0 radical (unpaired) electrons. The topological polar surface area (TPSA) is 62.7 Å². The number of aromatic nitrogens is 1. The van der Waals surface area contributed by atoms with Gasteiger partial charge in [-0.15, -0.1) is 0 Å². The van der Waals surface area contributed by atoms with Crippen molar-refractivity contribution in [3.8, 4) is 5.75 Å². The first-order valence-electron chi connectivity index (χ1n) is 6.59. The van der Waals surface area contributed by atoms with E-state index in [2.05, 4.69) is 9.88 Å². The van der Waals surface area contributed by atoms with E-state index in [9.17, 15) is 9.90 Å². The fourth-order valence-corrected chi connectivity index (χ4v) is 2.16. The molecular formula is C16H18N2O3. The average Bonchev–Trinajstić information content (AvgIpc) is 2.48. The Morgan fingerprint density at radius 2 is 2.10 bits per heavy atom. The van der Waals surface area contributed by atoms with Crippen LogP contribution in [0.15, 0.2) is 42.6 Å². The zero-order valence-electron chi connectivity index (χ0n) is 12.1. The third kappa shape index (κ3) is 4.03. The number of hydrogen-bond acceptors (Lipinski definition) is 4. The summed E-state index contributed by atoms with van der Waals surface area (Å²) in [4.78, 5) is 17.6.